The highest BCUT2D eigenvalue weighted by atomic mass is 32.2. The molecule has 1 aliphatic heterocycles. The zero-order valence-electron chi connectivity index (χ0n) is 17.0. The Morgan fingerprint density at radius 2 is 1.68 bits per heavy atom. The van der Waals surface area contributed by atoms with Crippen molar-refractivity contribution in [2.45, 2.75) is 13.8 Å². The second-order valence-corrected chi connectivity index (χ2v) is 8.02. The van der Waals surface area contributed by atoms with Crippen LogP contribution in [0.25, 0.3) is 6.08 Å². The minimum Gasteiger partial charge on any atom is -0.300 e. The molecule has 0 atom stereocenters. The molecule has 0 aliphatic carbocycles. The molecule has 1 N–H and O–H groups in total. The van der Waals surface area contributed by atoms with Gasteiger partial charge >= 0.3 is 0 Å². The van der Waals surface area contributed by atoms with Gasteiger partial charge in [0.2, 0.25) is 0 Å². The number of aryl methyl sites for hydroxylation is 2. The quantitative estimate of drug-likeness (QED) is 0.367. The number of azo groups is 1. The van der Waals surface area contributed by atoms with Crippen LogP contribution in [0.1, 0.15) is 16.7 Å². The Labute approximate surface area is 183 Å². The minimum absolute atomic E-state index is 0.227. The number of amides is 1. The number of hydrogen-bond acceptors (Lipinski definition) is 5. The molecule has 1 aliphatic rings. The molecule has 0 radical (unpaired) electrons. The highest BCUT2D eigenvalue weighted by Gasteiger charge is 2.24. The average molecular weight is 431 g/mol. The first-order valence-electron chi connectivity index (χ1n) is 9.61. The van der Waals surface area contributed by atoms with E-state index in [-0.39, 0.29) is 11.7 Å². The van der Waals surface area contributed by atoms with Crippen molar-refractivity contribution in [3.05, 3.63) is 94.1 Å². The first-order valence-corrected chi connectivity index (χ1v) is 10.4. The van der Waals surface area contributed by atoms with Crippen LogP contribution in [-0.2, 0) is 4.79 Å². The fourth-order valence-corrected chi connectivity index (χ4v) is 3.75. The number of nitrogens with zero attached hydrogens (tertiary/aromatic N) is 3. The number of aliphatic imine (C=N–C) groups is 1. The predicted molar refractivity (Wildman–Crippen MR) is 124 cm³/mol. The topological polar surface area (TPSA) is 66.2 Å². The average Bonchev–Trinajstić information content (AvgIpc) is 3.09. The maximum Gasteiger partial charge on any atom is 0.264 e. The van der Waals surface area contributed by atoms with Crippen LogP contribution >= 0.6 is 11.8 Å². The highest BCUT2D eigenvalue weighted by molar-refractivity contribution is 8.18. The number of halogens is 1. The molecule has 1 fully saturated rings. The molecule has 0 aromatic heterocycles. The molecule has 1 saturated heterocycles. The molecule has 1 heterocycles. The lowest BCUT2D eigenvalue weighted by atomic mass is 10.2. The van der Waals surface area contributed by atoms with Crippen molar-refractivity contribution >= 4 is 46.0 Å². The molecular weight excluding hydrogens is 411 g/mol. The van der Waals surface area contributed by atoms with Crippen molar-refractivity contribution in [3.8, 4) is 0 Å². The molecule has 0 saturated carbocycles. The van der Waals surface area contributed by atoms with E-state index in [9.17, 15) is 9.18 Å². The molecule has 0 bridgehead atoms. The normalized spacial score (nSPS) is 16.4. The maximum absolute atomic E-state index is 13.1. The van der Waals surface area contributed by atoms with Crippen LogP contribution in [0.4, 0.5) is 21.5 Å². The number of rotatable bonds is 4. The van der Waals surface area contributed by atoms with E-state index >= 15 is 0 Å². The lowest BCUT2D eigenvalue weighted by Gasteiger charge is -2.03. The van der Waals surface area contributed by atoms with Gasteiger partial charge in [0.05, 0.1) is 22.0 Å². The van der Waals surface area contributed by atoms with Crippen molar-refractivity contribution in [1.82, 2.24) is 5.32 Å². The third-order valence-electron chi connectivity index (χ3n) is 4.61. The van der Waals surface area contributed by atoms with Gasteiger partial charge in [-0.15, -0.1) is 0 Å². The van der Waals surface area contributed by atoms with E-state index in [0.717, 1.165) is 33.8 Å². The summed E-state index contributed by atoms with van der Waals surface area (Å²) in [4.78, 5) is 17.3. The van der Waals surface area contributed by atoms with Crippen molar-refractivity contribution < 1.29 is 9.18 Å². The molecule has 1 amide bonds. The first-order chi connectivity index (χ1) is 15.0. The molecule has 4 rings (SSSR count). The van der Waals surface area contributed by atoms with Crippen molar-refractivity contribution in [2.75, 3.05) is 0 Å². The number of carbonyl (C=O) groups excluding carboxylic acids is 1. The summed E-state index contributed by atoms with van der Waals surface area (Å²) in [6.45, 7) is 3.92. The van der Waals surface area contributed by atoms with E-state index in [1.807, 2.05) is 56.3 Å². The van der Waals surface area contributed by atoms with Crippen molar-refractivity contribution in [1.29, 1.82) is 0 Å². The smallest absolute Gasteiger partial charge is 0.264 e. The number of carbonyl (C=O) groups is 1. The number of hydrogen-bond donors (Lipinski definition) is 1. The van der Waals surface area contributed by atoms with Gasteiger partial charge in [-0.25, -0.2) is 9.38 Å². The summed E-state index contributed by atoms with van der Waals surface area (Å²) in [5.74, 6) is -0.542. The van der Waals surface area contributed by atoms with Gasteiger partial charge in [0.25, 0.3) is 5.91 Å². The predicted octanol–water partition coefficient (Wildman–Crippen LogP) is 6.75. The maximum atomic E-state index is 13.1. The van der Waals surface area contributed by atoms with Crippen LogP contribution in [0, 0.1) is 19.7 Å². The van der Waals surface area contributed by atoms with Gasteiger partial charge in [0.1, 0.15) is 5.82 Å². The number of benzene rings is 3. The van der Waals surface area contributed by atoms with Crippen LogP contribution in [0.15, 0.2) is 86.9 Å². The van der Waals surface area contributed by atoms with E-state index in [1.165, 1.54) is 23.9 Å². The SMILES string of the molecule is Cc1ccccc1N=Nc1ccc(N=C2NC(=O)/C(=C/c3ccc(F)cc3)S2)c(C)c1. The Bertz CT molecular complexity index is 1230. The molecule has 0 unspecified atom stereocenters. The second kappa shape index (κ2) is 9.06. The summed E-state index contributed by atoms with van der Waals surface area (Å²) in [6, 6.07) is 19.4. The summed E-state index contributed by atoms with van der Waals surface area (Å²) in [5, 5.41) is 11.9. The number of amidine groups is 1. The van der Waals surface area contributed by atoms with E-state index in [4.69, 9.17) is 0 Å². The van der Waals surface area contributed by atoms with E-state index in [2.05, 4.69) is 20.5 Å². The summed E-state index contributed by atoms with van der Waals surface area (Å²) in [7, 11) is 0. The van der Waals surface area contributed by atoms with Crippen molar-refractivity contribution in [2.24, 2.45) is 15.2 Å². The monoisotopic (exact) mass is 430 g/mol. The van der Waals surface area contributed by atoms with Gasteiger partial charge in [-0.05, 0) is 84.8 Å². The summed E-state index contributed by atoms with van der Waals surface area (Å²) < 4.78 is 13.1. The van der Waals surface area contributed by atoms with Crippen LogP contribution < -0.4 is 5.32 Å². The van der Waals surface area contributed by atoms with Crippen LogP contribution in [-0.4, -0.2) is 11.1 Å². The highest BCUT2D eigenvalue weighted by Crippen LogP contribution is 2.31. The Morgan fingerprint density at radius 1 is 0.903 bits per heavy atom. The zero-order chi connectivity index (χ0) is 21.8. The molecular formula is C24H19FN4OS. The Morgan fingerprint density at radius 3 is 2.42 bits per heavy atom. The molecule has 31 heavy (non-hydrogen) atoms. The third-order valence-corrected chi connectivity index (χ3v) is 5.52. The van der Waals surface area contributed by atoms with Gasteiger partial charge in [0, 0.05) is 0 Å². The van der Waals surface area contributed by atoms with E-state index in [0.29, 0.717) is 10.1 Å². The molecule has 5 nitrogen and oxygen atoms in total. The Balaban J connectivity index is 1.51. The van der Waals surface area contributed by atoms with Crippen LogP contribution in [0.2, 0.25) is 0 Å². The number of nitrogens with one attached hydrogen (secondary N) is 1. The van der Waals surface area contributed by atoms with Gasteiger partial charge < -0.3 is 5.32 Å². The van der Waals surface area contributed by atoms with E-state index < -0.39 is 0 Å². The van der Waals surface area contributed by atoms with Crippen LogP contribution in [0.5, 0.6) is 0 Å². The van der Waals surface area contributed by atoms with Crippen molar-refractivity contribution in [3.63, 3.8) is 0 Å². The molecule has 3 aromatic rings. The Hall–Kier alpha value is -3.58. The standard InChI is InChI=1S/C24H19FN4OS/c1-15-5-3-4-6-21(15)29-28-19-11-12-20(16(2)13-19)26-24-27-23(30)22(31-24)14-17-7-9-18(25)10-8-17/h3-14H,1-2H3,(H,26,27,30)/b22-14-,29-28?. The van der Waals surface area contributed by atoms with Gasteiger partial charge in [-0.2, -0.15) is 10.2 Å². The van der Waals surface area contributed by atoms with Gasteiger partial charge in [0.15, 0.2) is 5.17 Å². The summed E-state index contributed by atoms with van der Waals surface area (Å²) in [6.07, 6.45) is 1.71. The zero-order valence-corrected chi connectivity index (χ0v) is 17.8. The molecule has 0 spiro atoms. The number of thioether (sulfide) groups is 1. The minimum atomic E-state index is -0.315. The van der Waals surface area contributed by atoms with E-state index in [1.54, 1.807) is 18.2 Å². The van der Waals surface area contributed by atoms with Crippen LogP contribution in [0.3, 0.4) is 0 Å². The van der Waals surface area contributed by atoms with Gasteiger partial charge in [-0.3, -0.25) is 4.79 Å². The van der Waals surface area contributed by atoms with Gasteiger partial charge in [-0.1, -0.05) is 30.3 Å². The lowest BCUT2D eigenvalue weighted by Crippen LogP contribution is -2.19. The largest absolute Gasteiger partial charge is 0.300 e. The molecule has 3 aromatic carbocycles. The fraction of sp³-hybridized carbons (Fsp3) is 0.0833. The second-order valence-electron chi connectivity index (χ2n) is 6.99. The molecule has 7 heteroatoms. The molecule has 154 valence electrons. The summed E-state index contributed by atoms with van der Waals surface area (Å²) in [5.41, 5.74) is 5.02. The summed E-state index contributed by atoms with van der Waals surface area (Å²) >= 11 is 1.25. The lowest BCUT2D eigenvalue weighted by molar-refractivity contribution is -0.115. The first kappa shape index (κ1) is 20.7. The third kappa shape index (κ3) is 5.13. The Kier molecular flexibility index (Phi) is 6.04. The fourth-order valence-electron chi connectivity index (χ4n) is 2.91.